The van der Waals surface area contributed by atoms with Crippen LogP contribution in [0.3, 0.4) is 0 Å². The minimum Gasteiger partial charge on any atom is -0.352 e. The average molecular weight is 583 g/mol. The summed E-state index contributed by atoms with van der Waals surface area (Å²) in [4.78, 5) is 19.4. The monoisotopic (exact) mass is 581 g/mol. The van der Waals surface area contributed by atoms with Crippen LogP contribution in [-0.4, -0.2) is 32.0 Å². The molecule has 0 spiro atoms. The van der Waals surface area contributed by atoms with Crippen molar-refractivity contribution in [2.24, 2.45) is 0 Å². The predicted molar refractivity (Wildman–Crippen MR) is 157 cm³/mol. The van der Waals surface area contributed by atoms with E-state index in [1.807, 2.05) is 49.1 Å². The van der Waals surface area contributed by atoms with E-state index in [1.165, 1.54) is 24.3 Å². The lowest BCUT2D eigenvalue weighted by Crippen LogP contribution is -2.32. The number of aromatic nitrogens is 2. The van der Waals surface area contributed by atoms with Gasteiger partial charge >= 0.3 is 0 Å². The fourth-order valence-electron chi connectivity index (χ4n) is 5.08. The highest BCUT2D eigenvalue weighted by molar-refractivity contribution is 7.80. The van der Waals surface area contributed by atoms with E-state index < -0.39 is 0 Å². The van der Waals surface area contributed by atoms with Gasteiger partial charge in [-0.15, -0.1) is 0 Å². The van der Waals surface area contributed by atoms with Gasteiger partial charge in [0, 0.05) is 41.3 Å². The van der Waals surface area contributed by atoms with Gasteiger partial charge in [-0.25, -0.2) is 4.39 Å². The van der Waals surface area contributed by atoms with Crippen LogP contribution >= 0.6 is 35.4 Å². The first kappa shape index (κ1) is 27.1. The molecule has 39 heavy (non-hydrogen) atoms. The molecule has 1 aliphatic heterocycles. The molecule has 0 bridgehead atoms. The van der Waals surface area contributed by atoms with Crippen molar-refractivity contribution in [3.05, 3.63) is 111 Å². The van der Waals surface area contributed by atoms with Crippen LogP contribution in [0.4, 0.5) is 10.1 Å². The van der Waals surface area contributed by atoms with Gasteiger partial charge in [-0.3, -0.25) is 9.78 Å². The van der Waals surface area contributed by atoms with E-state index in [0.29, 0.717) is 27.4 Å². The van der Waals surface area contributed by atoms with Gasteiger partial charge in [-0.2, -0.15) is 0 Å². The van der Waals surface area contributed by atoms with Crippen molar-refractivity contribution in [2.75, 3.05) is 11.9 Å². The molecule has 2 aromatic carbocycles. The van der Waals surface area contributed by atoms with Crippen molar-refractivity contribution in [2.45, 2.75) is 32.4 Å². The fraction of sp³-hybridized carbons (Fsp3) is 0.207. The van der Waals surface area contributed by atoms with Crippen molar-refractivity contribution >= 4 is 52.1 Å². The first-order valence-corrected chi connectivity index (χ1v) is 13.6. The molecule has 1 saturated heterocycles. The zero-order valence-electron chi connectivity index (χ0n) is 21.3. The molecule has 2 aromatic heterocycles. The molecular weight excluding hydrogens is 556 g/mol. The summed E-state index contributed by atoms with van der Waals surface area (Å²) in [6, 6.07) is 18.6. The second kappa shape index (κ2) is 11.3. The fourth-order valence-corrected chi connectivity index (χ4v) is 5.91. The van der Waals surface area contributed by atoms with Crippen molar-refractivity contribution in [1.29, 1.82) is 0 Å². The molecule has 0 radical (unpaired) electrons. The van der Waals surface area contributed by atoms with E-state index in [1.54, 1.807) is 12.3 Å². The summed E-state index contributed by atoms with van der Waals surface area (Å²) in [5.41, 5.74) is 5.25. The zero-order valence-corrected chi connectivity index (χ0v) is 23.6. The smallest absolute Gasteiger partial charge is 0.226 e. The Morgan fingerprint density at radius 2 is 1.87 bits per heavy atom. The highest BCUT2D eigenvalue weighted by Crippen LogP contribution is 2.42. The summed E-state index contributed by atoms with van der Waals surface area (Å²) in [6.07, 6.45) is 1.94. The predicted octanol–water partition coefficient (Wildman–Crippen LogP) is 6.94. The number of thiocarbonyl (C=S) groups is 1. The van der Waals surface area contributed by atoms with E-state index in [2.05, 4.69) is 26.3 Å². The van der Waals surface area contributed by atoms with E-state index in [4.69, 9.17) is 35.4 Å². The minimum atomic E-state index is -0.359. The molecule has 6 nitrogen and oxygen atoms in total. The molecule has 2 unspecified atom stereocenters. The molecule has 0 aliphatic carbocycles. The molecule has 2 N–H and O–H groups in total. The summed E-state index contributed by atoms with van der Waals surface area (Å²) in [5.74, 6) is -0.551. The van der Waals surface area contributed by atoms with Crippen LogP contribution in [0.1, 0.15) is 41.1 Å². The van der Waals surface area contributed by atoms with Crippen LogP contribution in [0.15, 0.2) is 72.9 Å². The Kier molecular flexibility index (Phi) is 7.88. The number of nitrogens with zero attached hydrogens (tertiary/aromatic N) is 3. The van der Waals surface area contributed by atoms with Crippen LogP contribution in [0, 0.1) is 19.7 Å². The van der Waals surface area contributed by atoms with Crippen LogP contribution in [0.5, 0.6) is 0 Å². The summed E-state index contributed by atoms with van der Waals surface area (Å²) in [7, 11) is 0. The number of hydrogen-bond acceptors (Lipinski definition) is 3. The number of amides is 1. The summed E-state index contributed by atoms with van der Waals surface area (Å²) in [6.45, 7) is 4.44. The average Bonchev–Trinajstić information content (AvgIpc) is 3.39. The normalized spacial score (nSPS) is 16.8. The van der Waals surface area contributed by atoms with Gasteiger partial charge in [0.05, 0.1) is 28.5 Å². The van der Waals surface area contributed by atoms with E-state index in [9.17, 15) is 9.18 Å². The number of benzene rings is 2. The number of rotatable bonds is 7. The SMILES string of the molecule is Cc1cc(C2C(c3ccccn3)NC(=S)N2CCC(=O)Nc2ccc(F)cc2)c(C)n1-c1ccc(Cl)cc1Cl. The minimum absolute atomic E-state index is 0.187. The number of nitrogens with one attached hydrogen (secondary N) is 2. The largest absolute Gasteiger partial charge is 0.352 e. The molecule has 2 atom stereocenters. The van der Waals surface area contributed by atoms with E-state index in [-0.39, 0.29) is 30.2 Å². The Balaban J connectivity index is 1.48. The second-order valence-corrected chi connectivity index (χ2v) is 10.6. The van der Waals surface area contributed by atoms with Crippen LogP contribution in [0.2, 0.25) is 10.0 Å². The first-order chi connectivity index (χ1) is 18.7. The maximum absolute atomic E-state index is 13.3. The van der Waals surface area contributed by atoms with Gasteiger partial charge in [0.2, 0.25) is 5.91 Å². The van der Waals surface area contributed by atoms with Gasteiger partial charge in [0.1, 0.15) is 5.82 Å². The highest BCUT2D eigenvalue weighted by atomic mass is 35.5. The van der Waals surface area contributed by atoms with Crippen LogP contribution < -0.4 is 10.6 Å². The summed E-state index contributed by atoms with van der Waals surface area (Å²) < 4.78 is 15.4. The van der Waals surface area contributed by atoms with Crippen molar-refractivity contribution < 1.29 is 9.18 Å². The standard InChI is InChI=1S/C29H26Cl2FN5OS/c1-17-15-22(18(2)37(17)25-11-6-19(30)16-23(25)31)28-27(24-5-3-4-13-33-24)35-29(39)36(28)14-12-26(38)34-21-9-7-20(32)8-10-21/h3-11,13,15-16,27-28H,12,14H2,1-2H3,(H,34,38)(H,35,39). The number of anilines is 1. The third-order valence-electron chi connectivity index (χ3n) is 6.85. The van der Waals surface area contributed by atoms with Crippen molar-refractivity contribution in [3.8, 4) is 5.69 Å². The van der Waals surface area contributed by atoms with Crippen LogP contribution in [-0.2, 0) is 4.79 Å². The van der Waals surface area contributed by atoms with Crippen molar-refractivity contribution in [3.63, 3.8) is 0 Å². The van der Waals surface area contributed by atoms with Gasteiger partial charge < -0.3 is 20.1 Å². The molecule has 1 aliphatic rings. The van der Waals surface area contributed by atoms with Gasteiger partial charge in [0.15, 0.2) is 5.11 Å². The number of aryl methyl sites for hydroxylation is 1. The highest BCUT2D eigenvalue weighted by Gasteiger charge is 2.41. The zero-order chi connectivity index (χ0) is 27.7. The van der Waals surface area contributed by atoms with Gasteiger partial charge in [0.25, 0.3) is 0 Å². The first-order valence-electron chi connectivity index (χ1n) is 12.4. The lowest BCUT2D eigenvalue weighted by atomic mass is 9.96. The number of carbonyl (C=O) groups is 1. The third kappa shape index (κ3) is 5.64. The second-order valence-electron chi connectivity index (χ2n) is 9.38. The number of pyridine rings is 1. The number of hydrogen-bond donors (Lipinski definition) is 2. The Hall–Kier alpha value is -3.46. The molecule has 3 heterocycles. The van der Waals surface area contributed by atoms with E-state index in [0.717, 1.165) is 28.3 Å². The molecule has 5 rings (SSSR count). The molecule has 200 valence electrons. The van der Waals surface area contributed by atoms with Gasteiger partial charge in [-0.1, -0.05) is 29.3 Å². The quantitative estimate of drug-likeness (QED) is 0.231. The lowest BCUT2D eigenvalue weighted by molar-refractivity contribution is -0.116. The Labute approximate surface area is 241 Å². The number of halogens is 3. The molecule has 0 saturated carbocycles. The van der Waals surface area contributed by atoms with Crippen LogP contribution in [0.25, 0.3) is 5.69 Å². The Morgan fingerprint density at radius 1 is 1.10 bits per heavy atom. The molecule has 4 aromatic rings. The third-order valence-corrected chi connectivity index (χ3v) is 7.74. The topological polar surface area (TPSA) is 62.2 Å². The Bertz CT molecular complexity index is 1530. The maximum Gasteiger partial charge on any atom is 0.226 e. The Morgan fingerprint density at radius 3 is 2.56 bits per heavy atom. The maximum atomic E-state index is 13.3. The molecule has 10 heteroatoms. The number of carbonyl (C=O) groups excluding carboxylic acids is 1. The summed E-state index contributed by atoms with van der Waals surface area (Å²) in [5, 5.41) is 7.91. The molecule has 1 fully saturated rings. The lowest BCUT2D eigenvalue weighted by Gasteiger charge is -2.28. The van der Waals surface area contributed by atoms with Gasteiger partial charge in [-0.05, 0) is 92.3 Å². The summed E-state index contributed by atoms with van der Waals surface area (Å²) >= 11 is 18.5. The van der Waals surface area contributed by atoms with E-state index >= 15 is 0 Å². The van der Waals surface area contributed by atoms with Crippen molar-refractivity contribution in [1.82, 2.24) is 19.8 Å². The molecular formula is C29H26Cl2FN5OS. The molecule has 1 amide bonds.